The van der Waals surface area contributed by atoms with E-state index in [0.29, 0.717) is 5.75 Å². The summed E-state index contributed by atoms with van der Waals surface area (Å²) < 4.78 is 10.7. The first kappa shape index (κ1) is 20.5. The lowest BCUT2D eigenvalue weighted by molar-refractivity contribution is -0.121. The molecule has 0 aliphatic rings. The van der Waals surface area contributed by atoms with E-state index < -0.39 is 17.6 Å². The molecule has 0 fully saturated rings. The second-order valence-electron chi connectivity index (χ2n) is 6.76. The number of benzene rings is 1. The highest BCUT2D eigenvalue weighted by Gasteiger charge is 2.18. The number of aliphatic imine (C=N–C) groups is 1. The third kappa shape index (κ3) is 7.24. The molecular formula is C18H27N3O4. The normalized spacial score (nSPS) is 11.7. The standard InChI is InChI=1S/C18H27N3O4/c1-11-8-12(2)15(13(3)9-11)24-10-14(22)20-16(19-7)21-17(23)25-18(4,5)6/h8-9H,10H2,1-7H3,(H2,19,20,21,22,23). The number of hydrogen-bond acceptors (Lipinski definition) is 5. The maximum atomic E-state index is 12.0. The molecule has 0 saturated heterocycles. The van der Waals surface area contributed by atoms with Crippen LogP contribution < -0.4 is 15.4 Å². The highest BCUT2D eigenvalue weighted by molar-refractivity contribution is 6.03. The van der Waals surface area contributed by atoms with Crippen LogP contribution in [0, 0.1) is 20.8 Å². The first-order valence-electron chi connectivity index (χ1n) is 7.99. The molecule has 138 valence electrons. The lowest BCUT2D eigenvalue weighted by atomic mass is 10.1. The largest absolute Gasteiger partial charge is 0.483 e. The average molecular weight is 349 g/mol. The van der Waals surface area contributed by atoms with Gasteiger partial charge in [-0.25, -0.2) is 4.79 Å². The Hall–Kier alpha value is -2.57. The fourth-order valence-corrected chi connectivity index (χ4v) is 2.24. The molecule has 0 aromatic heterocycles. The molecule has 1 aromatic rings. The van der Waals surface area contributed by atoms with Crippen LogP contribution in [0.2, 0.25) is 0 Å². The zero-order chi connectivity index (χ0) is 19.2. The minimum atomic E-state index is -0.695. The smallest absolute Gasteiger partial charge is 0.414 e. The molecule has 1 aromatic carbocycles. The van der Waals surface area contributed by atoms with Crippen molar-refractivity contribution in [1.82, 2.24) is 10.6 Å². The summed E-state index contributed by atoms with van der Waals surface area (Å²) in [5.41, 5.74) is 2.41. The summed E-state index contributed by atoms with van der Waals surface area (Å²) in [4.78, 5) is 27.6. The van der Waals surface area contributed by atoms with E-state index in [2.05, 4.69) is 15.6 Å². The van der Waals surface area contributed by atoms with Gasteiger partial charge in [0.2, 0.25) is 5.96 Å². The summed E-state index contributed by atoms with van der Waals surface area (Å²) in [6.45, 7) is 10.9. The van der Waals surface area contributed by atoms with Crippen molar-refractivity contribution in [2.75, 3.05) is 13.7 Å². The minimum Gasteiger partial charge on any atom is -0.483 e. The van der Waals surface area contributed by atoms with Gasteiger partial charge in [-0.3, -0.25) is 20.4 Å². The van der Waals surface area contributed by atoms with Crippen LogP contribution in [-0.2, 0) is 9.53 Å². The van der Waals surface area contributed by atoms with E-state index >= 15 is 0 Å². The third-order valence-corrected chi connectivity index (χ3v) is 3.05. The number of hydrogen-bond donors (Lipinski definition) is 2. The Kier molecular flexibility index (Phi) is 6.97. The molecule has 0 spiro atoms. The van der Waals surface area contributed by atoms with Crippen molar-refractivity contribution in [3.8, 4) is 5.75 Å². The van der Waals surface area contributed by atoms with Crippen molar-refractivity contribution >= 4 is 18.0 Å². The first-order chi connectivity index (χ1) is 11.5. The highest BCUT2D eigenvalue weighted by Crippen LogP contribution is 2.24. The number of guanidine groups is 1. The van der Waals surface area contributed by atoms with Crippen LogP contribution in [-0.4, -0.2) is 37.2 Å². The SMILES string of the molecule is CN=C(NC(=O)COc1c(C)cc(C)cc1C)NC(=O)OC(C)(C)C. The molecule has 2 N–H and O–H groups in total. The Labute approximate surface area is 148 Å². The summed E-state index contributed by atoms with van der Waals surface area (Å²) in [6, 6.07) is 3.98. The van der Waals surface area contributed by atoms with E-state index in [4.69, 9.17) is 9.47 Å². The zero-order valence-electron chi connectivity index (χ0n) is 15.9. The Bertz CT molecular complexity index is 652. The van der Waals surface area contributed by atoms with E-state index in [-0.39, 0.29) is 12.6 Å². The van der Waals surface area contributed by atoms with Crippen molar-refractivity contribution in [1.29, 1.82) is 0 Å². The Balaban J connectivity index is 2.59. The highest BCUT2D eigenvalue weighted by atomic mass is 16.6. The van der Waals surface area contributed by atoms with Gasteiger partial charge in [0.15, 0.2) is 6.61 Å². The molecule has 0 bridgehead atoms. The fraction of sp³-hybridized carbons (Fsp3) is 0.500. The molecule has 1 rings (SSSR count). The maximum absolute atomic E-state index is 12.0. The average Bonchev–Trinajstić information content (AvgIpc) is 2.43. The second-order valence-corrected chi connectivity index (χ2v) is 6.76. The van der Waals surface area contributed by atoms with Crippen molar-refractivity contribution in [2.24, 2.45) is 4.99 Å². The van der Waals surface area contributed by atoms with E-state index in [1.54, 1.807) is 20.8 Å². The summed E-state index contributed by atoms with van der Waals surface area (Å²) in [7, 11) is 1.45. The van der Waals surface area contributed by atoms with Gasteiger partial charge in [0.25, 0.3) is 5.91 Å². The first-order valence-corrected chi connectivity index (χ1v) is 7.99. The van der Waals surface area contributed by atoms with Crippen LogP contribution >= 0.6 is 0 Å². The van der Waals surface area contributed by atoms with Crippen molar-refractivity contribution in [3.05, 3.63) is 28.8 Å². The second kappa shape index (κ2) is 8.50. The molecular weight excluding hydrogens is 322 g/mol. The molecule has 0 atom stereocenters. The maximum Gasteiger partial charge on any atom is 0.414 e. The molecule has 7 nitrogen and oxygen atoms in total. The van der Waals surface area contributed by atoms with Crippen LogP contribution in [0.1, 0.15) is 37.5 Å². The van der Waals surface area contributed by atoms with Gasteiger partial charge >= 0.3 is 6.09 Å². The van der Waals surface area contributed by atoms with Gasteiger partial charge in [-0.15, -0.1) is 0 Å². The van der Waals surface area contributed by atoms with Crippen LogP contribution in [0.25, 0.3) is 0 Å². The number of aryl methyl sites for hydroxylation is 3. The van der Waals surface area contributed by atoms with Gasteiger partial charge in [0.05, 0.1) is 0 Å². The lowest BCUT2D eigenvalue weighted by Crippen LogP contribution is -2.46. The minimum absolute atomic E-state index is 0.000185. The van der Waals surface area contributed by atoms with Gasteiger partial charge in [-0.05, 0) is 52.7 Å². The molecule has 0 heterocycles. The van der Waals surface area contributed by atoms with Crippen LogP contribution in [0.4, 0.5) is 4.79 Å². The lowest BCUT2D eigenvalue weighted by Gasteiger charge is -2.20. The van der Waals surface area contributed by atoms with Gasteiger partial charge in [0, 0.05) is 7.05 Å². The molecule has 0 saturated carbocycles. The predicted octanol–water partition coefficient (Wildman–Crippen LogP) is 2.62. The number of rotatable bonds is 3. The van der Waals surface area contributed by atoms with E-state index in [9.17, 15) is 9.59 Å². The van der Waals surface area contributed by atoms with E-state index in [0.717, 1.165) is 16.7 Å². The number of nitrogens with zero attached hydrogens (tertiary/aromatic N) is 1. The number of amides is 2. The Morgan fingerprint density at radius 3 is 2.12 bits per heavy atom. The van der Waals surface area contributed by atoms with Crippen molar-refractivity contribution in [3.63, 3.8) is 0 Å². The summed E-state index contributed by atoms with van der Waals surface area (Å²) in [6.07, 6.45) is -0.695. The van der Waals surface area contributed by atoms with Crippen molar-refractivity contribution in [2.45, 2.75) is 47.1 Å². The predicted molar refractivity (Wildman–Crippen MR) is 97.0 cm³/mol. The number of ether oxygens (including phenoxy) is 2. The van der Waals surface area contributed by atoms with Crippen LogP contribution in [0.15, 0.2) is 17.1 Å². The van der Waals surface area contributed by atoms with E-state index in [1.165, 1.54) is 7.05 Å². The molecule has 0 radical (unpaired) electrons. The summed E-state index contributed by atoms with van der Waals surface area (Å²) in [5.74, 6) is 0.243. The zero-order valence-corrected chi connectivity index (χ0v) is 15.9. The fourth-order valence-electron chi connectivity index (χ4n) is 2.24. The molecule has 7 heteroatoms. The van der Waals surface area contributed by atoms with E-state index in [1.807, 2.05) is 32.9 Å². The van der Waals surface area contributed by atoms with Crippen LogP contribution in [0.5, 0.6) is 5.75 Å². The quantitative estimate of drug-likeness (QED) is 0.648. The Morgan fingerprint density at radius 1 is 1.08 bits per heavy atom. The monoisotopic (exact) mass is 349 g/mol. The van der Waals surface area contributed by atoms with Gasteiger partial charge in [-0.2, -0.15) is 0 Å². The number of carbonyl (C=O) groups excluding carboxylic acids is 2. The molecule has 0 aliphatic heterocycles. The molecule has 2 amide bonds. The number of nitrogens with one attached hydrogen (secondary N) is 2. The topological polar surface area (TPSA) is 89.0 Å². The van der Waals surface area contributed by atoms with Gasteiger partial charge in [-0.1, -0.05) is 17.7 Å². The van der Waals surface area contributed by atoms with Crippen LogP contribution in [0.3, 0.4) is 0 Å². The van der Waals surface area contributed by atoms with Crippen molar-refractivity contribution < 1.29 is 19.1 Å². The summed E-state index contributed by atoms with van der Waals surface area (Å²) >= 11 is 0. The number of carbonyl (C=O) groups is 2. The third-order valence-electron chi connectivity index (χ3n) is 3.05. The van der Waals surface area contributed by atoms with Gasteiger partial charge < -0.3 is 9.47 Å². The number of alkyl carbamates (subject to hydrolysis) is 1. The Morgan fingerprint density at radius 2 is 1.64 bits per heavy atom. The molecule has 0 unspecified atom stereocenters. The molecule has 0 aliphatic carbocycles. The molecule has 25 heavy (non-hydrogen) atoms. The summed E-state index contributed by atoms with van der Waals surface area (Å²) in [5, 5.41) is 4.86. The van der Waals surface area contributed by atoms with Gasteiger partial charge in [0.1, 0.15) is 11.4 Å².